The second-order valence-electron chi connectivity index (χ2n) is 4.82. The molecule has 2 N–H and O–H groups in total. The highest BCUT2D eigenvalue weighted by atomic mass is 32.2. The van der Waals surface area contributed by atoms with Crippen molar-refractivity contribution >= 4 is 15.7 Å². The molecule has 0 unspecified atom stereocenters. The number of piperidine rings is 1. The SMILES string of the molecule is O=[N+]([O-])c1ccc(CS(=O)(=O)NC2CCNCC2)cc1. The molecule has 0 atom stereocenters. The van der Waals surface area contributed by atoms with Crippen molar-refractivity contribution in [3.05, 3.63) is 39.9 Å². The van der Waals surface area contributed by atoms with E-state index in [1.807, 2.05) is 0 Å². The molecule has 0 aromatic heterocycles. The Kier molecular flexibility index (Phi) is 4.69. The minimum Gasteiger partial charge on any atom is -0.317 e. The van der Waals surface area contributed by atoms with Gasteiger partial charge < -0.3 is 5.32 Å². The third kappa shape index (κ3) is 4.26. The van der Waals surface area contributed by atoms with Crippen LogP contribution >= 0.6 is 0 Å². The normalized spacial score (nSPS) is 17.0. The molecule has 1 aromatic carbocycles. The zero-order valence-electron chi connectivity index (χ0n) is 10.9. The number of nitro groups is 1. The summed E-state index contributed by atoms with van der Waals surface area (Å²) < 4.78 is 26.7. The predicted octanol–water partition coefficient (Wildman–Crippen LogP) is 0.766. The highest BCUT2D eigenvalue weighted by molar-refractivity contribution is 7.88. The van der Waals surface area contributed by atoms with Crippen molar-refractivity contribution in [1.82, 2.24) is 10.0 Å². The Morgan fingerprint density at radius 2 is 1.85 bits per heavy atom. The fourth-order valence-corrected chi connectivity index (χ4v) is 3.63. The van der Waals surface area contributed by atoms with Crippen molar-refractivity contribution in [3.63, 3.8) is 0 Å². The number of hydrogen-bond donors (Lipinski definition) is 2. The Balaban J connectivity index is 1.98. The largest absolute Gasteiger partial charge is 0.317 e. The van der Waals surface area contributed by atoms with Gasteiger partial charge >= 0.3 is 0 Å². The molecule has 0 aliphatic carbocycles. The van der Waals surface area contributed by atoms with Crippen LogP contribution in [0.25, 0.3) is 0 Å². The van der Waals surface area contributed by atoms with Crippen molar-refractivity contribution in [2.24, 2.45) is 0 Å². The number of nitro benzene ring substituents is 1. The first-order valence-electron chi connectivity index (χ1n) is 6.40. The van der Waals surface area contributed by atoms with Gasteiger partial charge in [-0.2, -0.15) is 0 Å². The zero-order chi connectivity index (χ0) is 14.6. The van der Waals surface area contributed by atoms with Gasteiger partial charge in [-0.3, -0.25) is 10.1 Å². The standard InChI is InChI=1S/C12H17N3O4S/c16-15(17)12-3-1-10(2-4-12)9-20(18,19)14-11-5-7-13-8-6-11/h1-4,11,13-14H,5-9H2. The predicted molar refractivity (Wildman–Crippen MR) is 74.7 cm³/mol. The zero-order valence-corrected chi connectivity index (χ0v) is 11.7. The van der Waals surface area contributed by atoms with Gasteiger partial charge in [0.2, 0.25) is 10.0 Å². The van der Waals surface area contributed by atoms with Crippen LogP contribution in [0, 0.1) is 10.1 Å². The summed E-state index contributed by atoms with van der Waals surface area (Å²) in [4.78, 5) is 10.0. The summed E-state index contributed by atoms with van der Waals surface area (Å²) in [6.45, 7) is 1.62. The maximum Gasteiger partial charge on any atom is 0.269 e. The quantitative estimate of drug-likeness (QED) is 0.617. The van der Waals surface area contributed by atoms with E-state index in [-0.39, 0.29) is 17.5 Å². The van der Waals surface area contributed by atoms with E-state index in [0.29, 0.717) is 5.56 Å². The van der Waals surface area contributed by atoms with Crippen LogP contribution < -0.4 is 10.0 Å². The number of nitrogens with zero attached hydrogens (tertiary/aromatic N) is 1. The van der Waals surface area contributed by atoms with Gasteiger partial charge in [-0.05, 0) is 31.5 Å². The Hall–Kier alpha value is -1.51. The average Bonchev–Trinajstić information content (AvgIpc) is 2.39. The highest BCUT2D eigenvalue weighted by Gasteiger charge is 2.20. The number of nitrogens with one attached hydrogen (secondary N) is 2. The average molecular weight is 299 g/mol. The first-order chi connectivity index (χ1) is 9.46. The number of hydrogen-bond acceptors (Lipinski definition) is 5. The van der Waals surface area contributed by atoms with E-state index < -0.39 is 14.9 Å². The molecule has 1 aromatic rings. The summed E-state index contributed by atoms with van der Waals surface area (Å²) in [5.41, 5.74) is 0.495. The molecular formula is C12H17N3O4S. The van der Waals surface area contributed by atoms with E-state index in [1.165, 1.54) is 24.3 Å². The summed E-state index contributed by atoms with van der Waals surface area (Å²) >= 11 is 0. The minimum atomic E-state index is -3.41. The Morgan fingerprint density at radius 3 is 2.40 bits per heavy atom. The molecule has 0 radical (unpaired) electrons. The molecule has 1 heterocycles. The molecule has 7 nitrogen and oxygen atoms in total. The van der Waals surface area contributed by atoms with Crippen LogP contribution in [0.3, 0.4) is 0 Å². The molecule has 1 fully saturated rings. The van der Waals surface area contributed by atoms with Gasteiger partial charge in [0.15, 0.2) is 0 Å². The van der Waals surface area contributed by atoms with Gasteiger partial charge in [0, 0.05) is 18.2 Å². The van der Waals surface area contributed by atoms with Gasteiger partial charge in [0.1, 0.15) is 0 Å². The lowest BCUT2D eigenvalue weighted by molar-refractivity contribution is -0.384. The molecule has 1 aliphatic heterocycles. The summed E-state index contributed by atoms with van der Waals surface area (Å²) in [5, 5.41) is 13.7. The van der Waals surface area contributed by atoms with Crippen LogP contribution in [-0.2, 0) is 15.8 Å². The molecule has 0 amide bonds. The Labute approximate surface area is 117 Å². The topological polar surface area (TPSA) is 101 Å². The molecule has 1 aliphatic rings. The third-order valence-electron chi connectivity index (χ3n) is 3.19. The van der Waals surface area contributed by atoms with Crippen LogP contribution in [0.1, 0.15) is 18.4 Å². The first kappa shape index (κ1) is 14.9. The summed E-state index contributed by atoms with van der Waals surface area (Å²) in [6, 6.07) is 5.55. The lowest BCUT2D eigenvalue weighted by Gasteiger charge is -2.23. The summed E-state index contributed by atoms with van der Waals surface area (Å²) in [6.07, 6.45) is 1.55. The second kappa shape index (κ2) is 6.29. The van der Waals surface area contributed by atoms with Gasteiger partial charge in [-0.15, -0.1) is 0 Å². The van der Waals surface area contributed by atoms with Crippen LogP contribution in [0.4, 0.5) is 5.69 Å². The highest BCUT2D eigenvalue weighted by Crippen LogP contribution is 2.14. The fraction of sp³-hybridized carbons (Fsp3) is 0.500. The van der Waals surface area contributed by atoms with Crippen LogP contribution in [0.15, 0.2) is 24.3 Å². The number of rotatable bonds is 5. The van der Waals surface area contributed by atoms with Crippen LogP contribution in [0.5, 0.6) is 0 Å². The lowest BCUT2D eigenvalue weighted by Crippen LogP contribution is -2.43. The Bertz CT molecular complexity index is 565. The monoisotopic (exact) mass is 299 g/mol. The van der Waals surface area contributed by atoms with Crippen LogP contribution in [0.2, 0.25) is 0 Å². The number of non-ortho nitro benzene ring substituents is 1. The second-order valence-corrected chi connectivity index (χ2v) is 6.58. The van der Waals surface area contributed by atoms with E-state index >= 15 is 0 Å². The third-order valence-corrected chi connectivity index (χ3v) is 4.60. The van der Waals surface area contributed by atoms with E-state index in [1.54, 1.807) is 0 Å². The van der Waals surface area contributed by atoms with Gasteiger partial charge in [0.25, 0.3) is 5.69 Å². The van der Waals surface area contributed by atoms with Crippen molar-refractivity contribution in [1.29, 1.82) is 0 Å². The van der Waals surface area contributed by atoms with Crippen molar-refractivity contribution < 1.29 is 13.3 Å². The first-order valence-corrected chi connectivity index (χ1v) is 8.05. The smallest absolute Gasteiger partial charge is 0.269 e. The number of sulfonamides is 1. The van der Waals surface area contributed by atoms with E-state index in [4.69, 9.17) is 0 Å². The van der Waals surface area contributed by atoms with Crippen molar-refractivity contribution in [3.8, 4) is 0 Å². The van der Waals surface area contributed by atoms with Gasteiger partial charge in [0.05, 0.1) is 10.7 Å². The molecular weight excluding hydrogens is 282 g/mol. The summed E-state index contributed by atoms with van der Waals surface area (Å²) in [7, 11) is -3.41. The number of benzene rings is 1. The summed E-state index contributed by atoms with van der Waals surface area (Å²) in [5.74, 6) is -0.158. The molecule has 1 saturated heterocycles. The van der Waals surface area contributed by atoms with Crippen LogP contribution in [-0.4, -0.2) is 32.5 Å². The van der Waals surface area contributed by atoms with E-state index in [0.717, 1.165) is 25.9 Å². The molecule has 0 saturated carbocycles. The van der Waals surface area contributed by atoms with Gasteiger partial charge in [-0.1, -0.05) is 12.1 Å². The van der Waals surface area contributed by atoms with E-state index in [9.17, 15) is 18.5 Å². The van der Waals surface area contributed by atoms with Crippen molar-refractivity contribution in [2.45, 2.75) is 24.6 Å². The maximum absolute atomic E-state index is 12.0. The van der Waals surface area contributed by atoms with Crippen molar-refractivity contribution in [2.75, 3.05) is 13.1 Å². The lowest BCUT2D eigenvalue weighted by atomic mass is 10.1. The van der Waals surface area contributed by atoms with Gasteiger partial charge in [-0.25, -0.2) is 13.1 Å². The maximum atomic E-state index is 12.0. The molecule has 0 spiro atoms. The van der Waals surface area contributed by atoms with E-state index in [2.05, 4.69) is 10.0 Å². The molecule has 110 valence electrons. The molecule has 8 heteroatoms. The fourth-order valence-electron chi connectivity index (χ4n) is 2.17. The molecule has 2 rings (SSSR count). The molecule has 20 heavy (non-hydrogen) atoms. The minimum absolute atomic E-state index is 0.0284. The Morgan fingerprint density at radius 1 is 1.25 bits per heavy atom. The molecule has 0 bridgehead atoms.